The van der Waals surface area contributed by atoms with Crippen LogP contribution in [0.3, 0.4) is 0 Å². The minimum atomic E-state index is -0.439. The topological polar surface area (TPSA) is 33.1 Å². The lowest BCUT2D eigenvalue weighted by Gasteiger charge is -2.13. The van der Waals surface area contributed by atoms with Gasteiger partial charge in [0, 0.05) is 12.4 Å². The molecule has 1 heterocycles. The summed E-state index contributed by atoms with van der Waals surface area (Å²) in [7, 11) is 0. The van der Waals surface area contributed by atoms with Gasteiger partial charge < -0.3 is 5.11 Å². The number of aromatic nitrogens is 1. The zero-order chi connectivity index (χ0) is 10.6. The van der Waals surface area contributed by atoms with Gasteiger partial charge in [-0.1, -0.05) is 19.1 Å². The van der Waals surface area contributed by atoms with Crippen molar-refractivity contribution in [2.24, 2.45) is 0 Å². The minimum absolute atomic E-state index is 0.439. The van der Waals surface area contributed by atoms with Crippen LogP contribution < -0.4 is 0 Å². The van der Waals surface area contributed by atoms with Crippen molar-refractivity contribution in [3.8, 4) is 0 Å². The molecule has 1 atom stereocenters. The van der Waals surface area contributed by atoms with Gasteiger partial charge in [-0.2, -0.15) is 0 Å². The molecule has 0 aliphatic rings. The van der Waals surface area contributed by atoms with Crippen LogP contribution in [-0.4, -0.2) is 10.1 Å². The van der Waals surface area contributed by atoms with Gasteiger partial charge >= 0.3 is 0 Å². The zero-order valence-corrected chi connectivity index (χ0v) is 8.83. The van der Waals surface area contributed by atoms with E-state index in [9.17, 15) is 5.11 Å². The fourth-order valence-electron chi connectivity index (χ4n) is 1.39. The highest BCUT2D eigenvalue weighted by atomic mass is 16.3. The maximum Gasteiger partial charge on any atom is 0.0830 e. The summed E-state index contributed by atoms with van der Waals surface area (Å²) in [6.45, 7) is 7.90. The van der Waals surface area contributed by atoms with Gasteiger partial charge in [-0.3, -0.25) is 4.98 Å². The maximum absolute atomic E-state index is 9.91. The monoisotopic (exact) mass is 191 g/mol. The summed E-state index contributed by atoms with van der Waals surface area (Å²) in [4.78, 5) is 3.99. The summed E-state index contributed by atoms with van der Waals surface area (Å²) in [5, 5.41) is 9.91. The van der Waals surface area contributed by atoms with Crippen molar-refractivity contribution in [1.29, 1.82) is 0 Å². The van der Waals surface area contributed by atoms with Crippen LogP contribution >= 0.6 is 0 Å². The molecule has 2 nitrogen and oxygen atoms in total. The largest absolute Gasteiger partial charge is 0.388 e. The van der Waals surface area contributed by atoms with E-state index in [1.165, 1.54) is 0 Å². The summed E-state index contributed by atoms with van der Waals surface area (Å²) in [6, 6.07) is 1.86. The van der Waals surface area contributed by atoms with Crippen LogP contribution in [0.25, 0.3) is 0 Å². The number of hydrogen-bond acceptors (Lipinski definition) is 2. The van der Waals surface area contributed by atoms with E-state index in [0.717, 1.165) is 23.1 Å². The van der Waals surface area contributed by atoms with Crippen molar-refractivity contribution >= 4 is 0 Å². The number of rotatable bonds is 4. The number of nitrogens with zero attached hydrogens (tertiary/aromatic N) is 1. The molecule has 2 heteroatoms. The van der Waals surface area contributed by atoms with E-state index in [4.69, 9.17) is 0 Å². The predicted octanol–water partition coefficient (Wildman–Crippen LogP) is 2.78. The summed E-state index contributed by atoms with van der Waals surface area (Å²) in [5.41, 5.74) is 3.06. The third kappa shape index (κ3) is 2.67. The molecule has 0 aliphatic carbocycles. The van der Waals surface area contributed by atoms with E-state index < -0.39 is 6.10 Å². The smallest absolute Gasteiger partial charge is 0.0830 e. The highest BCUT2D eigenvalue weighted by molar-refractivity contribution is 5.25. The molecule has 0 saturated heterocycles. The molecule has 0 aliphatic heterocycles. The van der Waals surface area contributed by atoms with Crippen LogP contribution in [0.1, 0.15) is 37.0 Å². The predicted molar refractivity (Wildman–Crippen MR) is 58.0 cm³/mol. The Hall–Kier alpha value is -1.15. The quantitative estimate of drug-likeness (QED) is 0.742. The third-order valence-electron chi connectivity index (χ3n) is 2.40. The molecule has 14 heavy (non-hydrogen) atoms. The molecule has 1 aromatic heterocycles. The first kappa shape index (κ1) is 10.9. The Kier molecular flexibility index (Phi) is 3.84. The number of aryl methyl sites for hydroxylation is 1. The molecule has 0 saturated carbocycles. The maximum atomic E-state index is 9.91. The SMILES string of the molecule is C=C(CC)CC(O)c1ccncc1C. The molecule has 0 aromatic carbocycles. The third-order valence-corrected chi connectivity index (χ3v) is 2.40. The van der Waals surface area contributed by atoms with Gasteiger partial charge in [0.15, 0.2) is 0 Å². The molecule has 1 N–H and O–H groups in total. The van der Waals surface area contributed by atoms with Crippen LogP contribution in [0, 0.1) is 6.92 Å². The Morgan fingerprint density at radius 1 is 1.64 bits per heavy atom. The van der Waals surface area contributed by atoms with Crippen LogP contribution in [-0.2, 0) is 0 Å². The van der Waals surface area contributed by atoms with Crippen LogP contribution in [0.4, 0.5) is 0 Å². The van der Waals surface area contributed by atoms with E-state index >= 15 is 0 Å². The van der Waals surface area contributed by atoms with Crippen molar-refractivity contribution in [2.75, 3.05) is 0 Å². The van der Waals surface area contributed by atoms with Gasteiger partial charge in [-0.05, 0) is 37.0 Å². The average Bonchev–Trinajstić information content (AvgIpc) is 2.18. The lowest BCUT2D eigenvalue weighted by atomic mass is 9.99. The number of pyridine rings is 1. The molecule has 0 amide bonds. The lowest BCUT2D eigenvalue weighted by molar-refractivity contribution is 0.176. The van der Waals surface area contributed by atoms with Crippen molar-refractivity contribution in [3.63, 3.8) is 0 Å². The van der Waals surface area contributed by atoms with Crippen molar-refractivity contribution in [1.82, 2.24) is 4.98 Å². The Morgan fingerprint density at radius 2 is 2.36 bits per heavy atom. The summed E-state index contributed by atoms with van der Waals surface area (Å²) in [6.07, 6.45) is 4.60. The summed E-state index contributed by atoms with van der Waals surface area (Å²) >= 11 is 0. The first-order valence-electron chi connectivity index (χ1n) is 4.90. The highest BCUT2D eigenvalue weighted by Crippen LogP contribution is 2.23. The van der Waals surface area contributed by atoms with Crippen molar-refractivity contribution < 1.29 is 5.11 Å². The van der Waals surface area contributed by atoms with Gasteiger partial charge in [-0.25, -0.2) is 0 Å². The van der Waals surface area contributed by atoms with Crippen molar-refractivity contribution in [3.05, 3.63) is 41.7 Å². The second kappa shape index (κ2) is 4.91. The Balaban J connectivity index is 2.74. The second-order valence-corrected chi connectivity index (χ2v) is 3.56. The molecular formula is C12H17NO. The van der Waals surface area contributed by atoms with Crippen LogP contribution in [0.15, 0.2) is 30.6 Å². The zero-order valence-electron chi connectivity index (χ0n) is 8.83. The first-order valence-corrected chi connectivity index (χ1v) is 4.90. The van der Waals surface area contributed by atoms with Gasteiger partial charge in [0.05, 0.1) is 6.10 Å². The first-order chi connectivity index (χ1) is 6.65. The van der Waals surface area contributed by atoms with E-state index in [2.05, 4.69) is 18.5 Å². The second-order valence-electron chi connectivity index (χ2n) is 3.56. The fraction of sp³-hybridized carbons (Fsp3) is 0.417. The molecule has 1 rings (SSSR count). The standard InChI is InChI=1S/C12H17NO/c1-4-9(2)7-12(14)11-5-6-13-8-10(11)3/h5-6,8,12,14H,2,4,7H2,1,3H3. The minimum Gasteiger partial charge on any atom is -0.388 e. The van der Waals surface area contributed by atoms with Gasteiger partial charge in [0.1, 0.15) is 0 Å². The lowest BCUT2D eigenvalue weighted by Crippen LogP contribution is -2.01. The molecule has 76 valence electrons. The molecule has 0 radical (unpaired) electrons. The summed E-state index contributed by atoms with van der Waals surface area (Å²) < 4.78 is 0. The normalized spacial score (nSPS) is 12.5. The number of hydrogen-bond donors (Lipinski definition) is 1. The van der Waals surface area contributed by atoms with Gasteiger partial charge in [-0.15, -0.1) is 0 Å². The van der Waals surface area contributed by atoms with E-state index in [-0.39, 0.29) is 0 Å². The molecule has 0 fully saturated rings. The van der Waals surface area contributed by atoms with E-state index in [1.54, 1.807) is 12.4 Å². The van der Waals surface area contributed by atoms with Gasteiger partial charge in [0.2, 0.25) is 0 Å². The Labute approximate surface area is 85.3 Å². The molecule has 0 spiro atoms. The molecule has 1 aromatic rings. The Morgan fingerprint density at radius 3 is 2.93 bits per heavy atom. The van der Waals surface area contributed by atoms with Crippen LogP contribution in [0.2, 0.25) is 0 Å². The fourth-order valence-corrected chi connectivity index (χ4v) is 1.39. The van der Waals surface area contributed by atoms with Crippen molar-refractivity contribution in [2.45, 2.75) is 32.8 Å². The van der Waals surface area contributed by atoms with Gasteiger partial charge in [0.25, 0.3) is 0 Å². The Bertz CT molecular complexity index is 320. The molecule has 1 unspecified atom stereocenters. The van der Waals surface area contributed by atoms with E-state index in [0.29, 0.717) is 6.42 Å². The van der Waals surface area contributed by atoms with Crippen LogP contribution in [0.5, 0.6) is 0 Å². The number of aliphatic hydroxyl groups is 1. The molecular weight excluding hydrogens is 174 g/mol. The van der Waals surface area contributed by atoms with E-state index in [1.807, 2.05) is 13.0 Å². The number of aliphatic hydroxyl groups excluding tert-OH is 1. The summed E-state index contributed by atoms with van der Waals surface area (Å²) in [5.74, 6) is 0. The molecule has 0 bridgehead atoms. The average molecular weight is 191 g/mol. The highest BCUT2D eigenvalue weighted by Gasteiger charge is 2.10.